The van der Waals surface area contributed by atoms with Crippen LogP contribution in [0.4, 0.5) is 17.1 Å². The van der Waals surface area contributed by atoms with Crippen LogP contribution in [0, 0.1) is 0 Å². The molecule has 3 heteroatoms. The van der Waals surface area contributed by atoms with Gasteiger partial charge in [-0.2, -0.15) is 0 Å². The van der Waals surface area contributed by atoms with Crippen molar-refractivity contribution in [2.45, 2.75) is 0 Å². The van der Waals surface area contributed by atoms with Crippen molar-refractivity contribution in [1.29, 1.82) is 0 Å². The molecule has 2 heterocycles. The number of benzene rings is 6. The first-order chi connectivity index (χ1) is 19.4. The van der Waals surface area contributed by atoms with Crippen LogP contribution in [0.1, 0.15) is 0 Å². The van der Waals surface area contributed by atoms with E-state index in [0.717, 1.165) is 72.1 Å². The van der Waals surface area contributed by atoms with Gasteiger partial charge in [0.15, 0.2) is 0 Å². The van der Waals surface area contributed by atoms with Gasteiger partial charge in [0.2, 0.25) is 0 Å². The first kappa shape index (κ1) is 21.8. The van der Waals surface area contributed by atoms with Crippen LogP contribution in [-0.4, -0.2) is 0 Å². The number of nitrogens with zero attached hydrogens (tertiary/aromatic N) is 1. The van der Waals surface area contributed by atoms with E-state index in [1.165, 1.54) is 0 Å². The van der Waals surface area contributed by atoms with Gasteiger partial charge in [-0.3, -0.25) is 0 Å². The maximum absolute atomic E-state index is 6.72. The molecule has 0 unspecified atom stereocenters. The third-order valence-corrected chi connectivity index (χ3v) is 7.43. The Bertz CT molecular complexity index is 2070. The molecule has 8 rings (SSSR count). The van der Waals surface area contributed by atoms with Crippen LogP contribution in [0.2, 0.25) is 0 Å². The van der Waals surface area contributed by atoms with Gasteiger partial charge in [-0.25, -0.2) is 0 Å². The summed E-state index contributed by atoms with van der Waals surface area (Å²) in [6.45, 7) is 0. The van der Waals surface area contributed by atoms with Crippen molar-refractivity contribution in [3.05, 3.63) is 140 Å². The van der Waals surface area contributed by atoms with Crippen molar-refractivity contribution in [2.75, 3.05) is 4.90 Å². The summed E-state index contributed by atoms with van der Waals surface area (Å²) in [6.07, 6.45) is 0. The number of furan rings is 2. The Hall–Kier alpha value is -5.28. The Morgan fingerprint density at radius 1 is 0.410 bits per heavy atom. The summed E-state index contributed by atoms with van der Waals surface area (Å²) < 4.78 is 13.4. The Morgan fingerprint density at radius 3 is 1.46 bits per heavy atom. The second-order valence-corrected chi connectivity index (χ2v) is 9.70. The van der Waals surface area contributed by atoms with Gasteiger partial charge in [0, 0.05) is 22.1 Å². The molecule has 8 aromatic rings. The lowest BCUT2D eigenvalue weighted by molar-refractivity contribution is 0.663. The van der Waals surface area contributed by atoms with Crippen molar-refractivity contribution < 1.29 is 8.83 Å². The molecular weight excluding hydrogens is 478 g/mol. The van der Waals surface area contributed by atoms with Crippen molar-refractivity contribution in [3.8, 4) is 11.1 Å². The Labute approximate surface area is 225 Å². The molecule has 0 N–H and O–H groups in total. The highest BCUT2D eigenvalue weighted by atomic mass is 16.3. The van der Waals surface area contributed by atoms with Crippen LogP contribution in [0.15, 0.2) is 148 Å². The van der Waals surface area contributed by atoms with Crippen molar-refractivity contribution >= 4 is 60.9 Å². The monoisotopic (exact) mass is 501 g/mol. The minimum Gasteiger partial charge on any atom is -0.455 e. The van der Waals surface area contributed by atoms with Crippen LogP contribution in [-0.2, 0) is 0 Å². The fourth-order valence-corrected chi connectivity index (χ4v) is 5.79. The molecule has 6 aromatic carbocycles. The van der Waals surface area contributed by atoms with Crippen LogP contribution >= 0.6 is 0 Å². The molecule has 184 valence electrons. The average Bonchev–Trinajstić information content (AvgIpc) is 3.58. The fourth-order valence-electron chi connectivity index (χ4n) is 5.79. The normalized spacial score (nSPS) is 11.6. The molecule has 0 aliphatic heterocycles. The number of hydrogen-bond donors (Lipinski definition) is 0. The first-order valence-electron chi connectivity index (χ1n) is 13.1. The Morgan fingerprint density at radius 2 is 0.872 bits per heavy atom. The molecule has 2 aromatic heterocycles. The summed E-state index contributed by atoms with van der Waals surface area (Å²) in [5.74, 6) is 0. The minimum atomic E-state index is 0.820. The highest BCUT2D eigenvalue weighted by molar-refractivity contribution is 6.31. The van der Waals surface area contributed by atoms with Crippen LogP contribution < -0.4 is 4.90 Å². The van der Waals surface area contributed by atoms with Gasteiger partial charge < -0.3 is 13.7 Å². The van der Waals surface area contributed by atoms with E-state index >= 15 is 0 Å². The van der Waals surface area contributed by atoms with E-state index in [4.69, 9.17) is 8.83 Å². The van der Waals surface area contributed by atoms with E-state index in [-0.39, 0.29) is 0 Å². The lowest BCUT2D eigenvalue weighted by Crippen LogP contribution is -2.11. The first-order valence-corrected chi connectivity index (χ1v) is 13.1. The van der Waals surface area contributed by atoms with E-state index in [9.17, 15) is 0 Å². The zero-order chi connectivity index (χ0) is 25.8. The summed E-state index contributed by atoms with van der Waals surface area (Å²) in [6, 6.07) is 48.1. The van der Waals surface area contributed by atoms with Crippen LogP contribution in [0.25, 0.3) is 55.0 Å². The number of fused-ring (bicyclic) bond motifs is 7. The van der Waals surface area contributed by atoms with Crippen LogP contribution in [0.3, 0.4) is 0 Å². The maximum atomic E-state index is 6.72. The Balaban J connectivity index is 1.67. The van der Waals surface area contributed by atoms with Crippen LogP contribution in [0.5, 0.6) is 0 Å². The SMILES string of the molecule is c1ccc(-c2c(N(c3ccccc3)c3ccccc3)c3c4ccccc4oc3c3c2oc2ccccc23)cc1. The molecule has 0 fully saturated rings. The van der Waals surface area contributed by atoms with Gasteiger partial charge in [-0.1, -0.05) is 103 Å². The third kappa shape index (κ3) is 3.30. The van der Waals surface area contributed by atoms with E-state index in [0.29, 0.717) is 0 Å². The molecule has 0 aliphatic carbocycles. The maximum Gasteiger partial charge on any atom is 0.149 e. The van der Waals surface area contributed by atoms with Gasteiger partial charge in [-0.15, -0.1) is 0 Å². The van der Waals surface area contributed by atoms with Gasteiger partial charge >= 0.3 is 0 Å². The smallest absolute Gasteiger partial charge is 0.149 e. The quantitative estimate of drug-likeness (QED) is 0.240. The lowest BCUT2D eigenvalue weighted by Gasteiger charge is -2.28. The molecule has 0 saturated heterocycles. The summed E-state index contributed by atoms with van der Waals surface area (Å²) >= 11 is 0. The van der Waals surface area contributed by atoms with Crippen molar-refractivity contribution in [3.63, 3.8) is 0 Å². The highest BCUT2D eigenvalue weighted by Crippen LogP contribution is 2.53. The summed E-state index contributed by atoms with van der Waals surface area (Å²) in [5.41, 5.74) is 8.62. The standard InChI is InChI=1S/C36H23NO2/c1-4-14-24(15-5-1)31-34(37(25-16-6-2-7-17-25)26-18-8-3-9-19-26)32-27-20-10-12-22-29(27)39-36(32)33-28-21-11-13-23-30(28)38-35(31)33/h1-23H. The van der Waals surface area contributed by atoms with Crippen molar-refractivity contribution in [1.82, 2.24) is 0 Å². The van der Waals surface area contributed by atoms with Gasteiger partial charge in [0.25, 0.3) is 0 Å². The van der Waals surface area contributed by atoms with Gasteiger partial charge in [0.05, 0.1) is 22.0 Å². The second kappa shape index (κ2) is 8.64. The zero-order valence-electron chi connectivity index (χ0n) is 21.0. The predicted octanol–water partition coefficient (Wildman–Crippen LogP) is 10.6. The molecular formula is C36H23NO2. The second-order valence-electron chi connectivity index (χ2n) is 9.70. The summed E-state index contributed by atoms with van der Waals surface area (Å²) in [5, 5.41) is 4.19. The number of hydrogen-bond acceptors (Lipinski definition) is 3. The molecule has 3 nitrogen and oxygen atoms in total. The van der Waals surface area contributed by atoms with Gasteiger partial charge in [0.1, 0.15) is 22.3 Å². The zero-order valence-corrected chi connectivity index (χ0v) is 21.0. The molecule has 0 spiro atoms. The Kier molecular flexibility index (Phi) is 4.82. The summed E-state index contributed by atoms with van der Waals surface area (Å²) in [4.78, 5) is 2.33. The van der Waals surface area contributed by atoms with Gasteiger partial charge in [-0.05, 0) is 42.0 Å². The predicted molar refractivity (Wildman–Crippen MR) is 161 cm³/mol. The van der Waals surface area contributed by atoms with E-state index in [2.05, 4.69) is 120 Å². The fraction of sp³-hybridized carbons (Fsp3) is 0. The van der Waals surface area contributed by atoms with Crippen molar-refractivity contribution in [2.24, 2.45) is 0 Å². The summed E-state index contributed by atoms with van der Waals surface area (Å²) in [7, 11) is 0. The van der Waals surface area contributed by atoms with E-state index < -0.39 is 0 Å². The molecule has 0 atom stereocenters. The lowest BCUT2D eigenvalue weighted by atomic mass is 9.94. The molecule has 0 radical (unpaired) electrons. The molecule has 39 heavy (non-hydrogen) atoms. The average molecular weight is 502 g/mol. The molecule has 0 amide bonds. The molecule has 0 aliphatic rings. The number of para-hydroxylation sites is 4. The van der Waals surface area contributed by atoms with E-state index in [1.54, 1.807) is 0 Å². The van der Waals surface area contributed by atoms with E-state index in [1.807, 2.05) is 24.3 Å². The highest BCUT2D eigenvalue weighted by Gasteiger charge is 2.29. The third-order valence-electron chi connectivity index (χ3n) is 7.43. The minimum absolute atomic E-state index is 0.820. The largest absolute Gasteiger partial charge is 0.455 e. The number of anilines is 3. The molecule has 0 bridgehead atoms. The topological polar surface area (TPSA) is 29.5 Å². The number of rotatable bonds is 4. The molecule has 0 saturated carbocycles.